The molecule has 0 saturated carbocycles. The summed E-state index contributed by atoms with van der Waals surface area (Å²) < 4.78 is 12.2. The smallest absolute Gasteiger partial charge is 0.399 e. The van der Waals surface area contributed by atoms with Crippen LogP contribution in [-0.4, -0.2) is 23.3 Å². The van der Waals surface area contributed by atoms with E-state index >= 15 is 0 Å². The SMILES string of the molecule is CC1(C)OB(c2ccnc3ccc(Cl)cc23)OC1(C)C. The highest BCUT2D eigenvalue weighted by Gasteiger charge is 2.52. The molecule has 0 N–H and O–H groups in total. The molecule has 1 aromatic carbocycles. The van der Waals surface area contributed by atoms with Crippen molar-refractivity contribution < 1.29 is 9.31 Å². The fourth-order valence-corrected chi connectivity index (χ4v) is 2.49. The van der Waals surface area contributed by atoms with E-state index in [1.165, 1.54) is 0 Å². The van der Waals surface area contributed by atoms with Crippen LogP contribution in [0.3, 0.4) is 0 Å². The van der Waals surface area contributed by atoms with Gasteiger partial charge in [-0.1, -0.05) is 11.6 Å². The van der Waals surface area contributed by atoms with Crippen molar-refractivity contribution in [3.05, 3.63) is 35.5 Å². The molecule has 0 amide bonds. The van der Waals surface area contributed by atoms with Crippen LogP contribution in [0.4, 0.5) is 0 Å². The Morgan fingerprint density at radius 3 is 2.35 bits per heavy atom. The van der Waals surface area contributed by atoms with Gasteiger partial charge in [0.1, 0.15) is 0 Å². The van der Waals surface area contributed by atoms with Crippen molar-refractivity contribution in [3.8, 4) is 0 Å². The third-order valence-corrected chi connectivity index (χ3v) is 4.48. The lowest BCUT2D eigenvalue weighted by molar-refractivity contribution is 0.00578. The van der Waals surface area contributed by atoms with E-state index in [2.05, 4.69) is 4.98 Å². The minimum absolute atomic E-state index is 0.355. The Hall–Kier alpha value is -1.10. The molecule has 0 radical (unpaired) electrons. The molecule has 0 atom stereocenters. The summed E-state index contributed by atoms with van der Waals surface area (Å²) in [6.07, 6.45) is 1.77. The molecule has 2 aromatic rings. The predicted molar refractivity (Wildman–Crippen MR) is 82.5 cm³/mol. The lowest BCUT2D eigenvalue weighted by Crippen LogP contribution is -2.41. The summed E-state index contributed by atoms with van der Waals surface area (Å²) in [5.41, 5.74) is 1.15. The van der Waals surface area contributed by atoms with E-state index < -0.39 is 7.12 Å². The van der Waals surface area contributed by atoms with E-state index in [0.717, 1.165) is 16.4 Å². The number of rotatable bonds is 1. The molecule has 5 heteroatoms. The van der Waals surface area contributed by atoms with Crippen molar-refractivity contribution in [3.63, 3.8) is 0 Å². The van der Waals surface area contributed by atoms with Crippen LogP contribution in [0.1, 0.15) is 27.7 Å². The van der Waals surface area contributed by atoms with Gasteiger partial charge in [0, 0.05) is 16.6 Å². The van der Waals surface area contributed by atoms with Gasteiger partial charge in [-0.25, -0.2) is 0 Å². The van der Waals surface area contributed by atoms with E-state index in [1.807, 2.05) is 52.0 Å². The molecule has 20 heavy (non-hydrogen) atoms. The van der Waals surface area contributed by atoms with Crippen molar-refractivity contribution >= 4 is 35.1 Å². The van der Waals surface area contributed by atoms with Crippen molar-refractivity contribution in [2.45, 2.75) is 38.9 Å². The van der Waals surface area contributed by atoms with Crippen LogP contribution in [0, 0.1) is 0 Å². The Labute approximate surface area is 124 Å². The first-order chi connectivity index (χ1) is 9.30. The normalized spacial score (nSPS) is 20.6. The minimum atomic E-state index is -0.399. The van der Waals surface area contributed by atoms with Gasteiger partial charge in [-0.15, -0.1) is 0 Å². The molecule has 1 aliphatic heterocycles. The predicted octanol–water partition coefficient (Wildman–Crippen LogP) is 3.19. The topological polar surface area (TPSA) is 31.4 Å². The quantitative estimate of drug-likeness (QED) is 0.756. The van der Waals surface area contributed by atoms with E-state index in [1.54, 1.807) is 6.20 Å². The second-order valence-electron chi connectivity index (χ2n) is 6.15. The molecule has 0 spiro atoms. The molecule has 1 aromatic heterocycles. The van der Waals surface area contributed by atoms with Gasteiger partial charge in [0.05, 0.1) is 16.7 Å². The fraction of sp³-hybridized carbons (Fsp3) is 0.400. The largest absolute Gasteiger partial charge is 0.495 e. The second kappa shape index (κ2) is 4.45. The van der Waals surface area contributed by atoms with Crippen LogP contribution in [0.15, 0.2) is 30.5 Å². The molecule has 1 aliphatic rings. The van der Waals surface area contributed by atoms with Gasteiger partial charge >= 0.3 is 7.12 Å². The van der Waals surface area contributed by atoms with Crippen LogP contribution >= 0.6 is 11.6 Å². The average Bonchev–Trinajstić information content (AvgIpc) is 2.57. The summed E-state index contributed by atoms with van der Waals surface area (Å²) in [5.74, 6) is 0. The van der Waals surface area contributed by atoms with Gasteiger partial charge in [-0.05, 0) is 57.4 Å². The highest BCUT2D eigenvalue weighted by Crippen LogP contribution is 2.37. The number of nitrogens with zero attached hydrogens (tertiary/aromatic N) is 1. The van der Waals surface area contributed by atoms with Gasteiger partial charge < -0.3 is 9.31 Å². The van der Waals surface area contributed by atoms with Crippen LogP contribution < -0.4 is 5.46 Å². The van der Waals surface area contributed by atoms with Gasteiger partial charge in [0.15, 0.2) is 0 Å². The van der Waals surface area contributed by atoms with E-state index in [0.29, 0.717) is 5.02 Å². The summed E-state index contributed by atoms with van der Waals surface area (Å²) in [7, 11) is -0.399. The number of hydrogen-bond donors (Lipinski definition) is 0. The fourth-order valence-electron chi connectivity index (χ4n) is 2.32. The third-order valence-electron chi connectivity index (χ3n) is 4.24. The standard InChI is InChI=1S/C15H17BClNO2/c1-14(2)15(3,4)20-16(19-14)12-7-8-18-13-6-5-10(17)9-11(12)13/h5-9H,1-4H3. The van der Waals surface area contributed by atoms with Crippen molar-refractivity contribution in [2.75, 3.05) is 0 Å². The van der Waals surface area contributed by atoms with Crippen LogP contribution in [0.5, 0.6) is 0 Å². The lowest BCUT2D eigenvalue weighted by Gasteiger charge is -2.32. The van der Waals surface area contributed by atoms with Gasteiger partial charge in [-0.2, -0.15) is 0 Å². The maximum atomic E-state index is 6.10. The molecule has 0 bridgehead atoms. The molecular formula is C15H17BClNO2. The second-order valence-corrected chi connectivity index (χ2v) is 6.59. The van der Waals surface area contributed by atoms with Crippen molar-refractivity contribution in [1.29, 1.82) is 0 Å². The van der Waals surface area contributed by atoms with Gasteiger partial charge in [0.25, 0.3) is 0 Å². The zero-order valence-corrected chi connectivity index (χ0v) is 12.9. The molecule has 0 unspecified atom stereocenters. The number of halogens is 1. The Kier molecular flexibility index (Phi) is 3.09. The monoisotopic (exact) mass is 289 g/mol. The summed E-state index contributed by atoms with van der Waals surface area (Å²) in [6.45, 7) is 8.18. The summed E-state index contributed by atoms with van der Waals surface area (Å²) in [6, 6.07) is 7.59. The molecule has 1 saturated heterocycles. The highest BCUT2D eigenvalue weighted by molar-refractivity contribution is 6.65. The molecular weight excluding hydrogens is 272 g/mol. The third kappa shape index (κ3) is 2.12. The first-order valence-corrected chi connectivity index (χ1v) is 7.08. The Bertz CT molecular complexity index is 656. The average molecular weight is 290 g/mol. The van der Waals surface area contributed by atoms with Gasteiger partial charge in [0.2, 0.25) is 0 Å². The number of fused-ring (bicyclic) bond motifs is 1. The molecule has 104 valence electrons. The molecule has 3 nitrogen and oxygen atoms in total. The number of hydrogen-bond acceptors (Lipinski definition) is 3. The van der Waals surface area contributed by atoms with Gasteiger partial charge in [-0.3, -0.25) is 4.98 Å². The van der Waals surface area contributed by atoms with Crippen molar-refractivity contribution in [1.82, 2.24) is 4.98 Å². The maximum Gasteiger partial charge on any atom is 0.495 e. The first kappa shape index (κ1) is 13.9. The lowest BCUT2D eigenvalue weighted by atomic mass is 9.77. The Morgan fingerprint density at radius 1 is 1.05 bits per heavy atom. The summed E-state index contributed by atoms with van der Waals surface area (Å²) in [4.78, 5) is 4.36. The molecule has 0 aliphatic carbocycles. The van der Waals surface area contributed by atoms with E-state index in [9.17, 15) is 0 Å². The highest BCUT2D eigenvalue weighted by atomic mass is 35.5. The number of pyridine rings is 1. The Balaban J connectivity index is 2.10. The first-order valence-electron chi connectivity index (χ1n) is 6.70. The Morgan fingerprint density at radius 2 is 1.70 bits per heavy atom. The summed E-state index contributed by atoms with van der Waals surface area (Å²) in [5, 5.41) is 1.65. The summed E-state index contributed by atoms with van der Waals surface area (Å²) >= 11 is 6.10. The molecule has 1 fully saturated rings. The zero-order chi connectivity index (χ0) is 14.5. The van der Waals surface area contributed by atoms with Crippen LogP contribution in [-0.2, 0) is 9.31 Å². The van der Waals surface area contributed by atoms with E-state index in [-0.39, 0.29) is 11.2 Å². The minimum Gasteiger partial charge on any atom is -0.399 e. The van der Waals surface area contributed by atoms with E-state index in [4.69, 9.17) is 20.9 Å². The van der Waals surface area contributed by atoms with Crippen LogP contribution in [0.2, 0.25) is 5.02 Å². The molecule has 3 rings (SSSR count). The van der Waals surface area contributed by atoms with Crippen molar-refractivity contribution in [2.24, 2.45) is 0 Å². The molecule has 2 heterocycles. The number of benzene rings is 1. The number of aromatic nitrogens is 1. The maximum absolute atomic E-state index is 6.10. The van der Waals surface area contributed by atoms with Crippen LogP contribution in [0.25, 0.3) is 10.9 Å². The zero-order valence-electron chi connectivity index (χ0n) is 12.1.